The van der Waals surface area contributed by atoms with Crippen molar-refractivity contribution in [3.63, 3.8) is 0 Å². The molecule has 4 nitrogen and oxygen atoms in total. The van der Waals surface area contributed by atoms with E-state index in [0.717, 1.165) is 24.1 Å². The Hall–Kier alpha value is -2.28. The molecule has 0 aromatic heterocycles. The molecule has 1 aliphatic rings. The van der Waals surface area contributed by atoms with Gasteiger partial charge in [-0.15, -0.1) is 12.3 Å². The third kappa shape index (κ3) is 2.76. The summed E-state index contributed by atoms with van der Waals surface area (Å²) in [5.41, 5.74) is 2.00. The van der Waals surface area contributed by atoms with E-state index in [0.29, 0.717) is 19.4 Å². The number of carboxylic acid groups (broad SMARTS) is 1. The summed E-state index contributed by atoms with van der Waals surface area (Å²) in [5.74, 6) is 1.52. The number of carbonyl (C=O) groups excluding carboxylic acids is 1. The highest BCUT2D eigenvalue weighted by molar-refractivity contribution is 5.96. The van der Waals surface area contributed by atoms with Crippen molar-refractivity contribution >= 4 is 17.6 Å². The van der Waals surface area contributed by atoms with Gasteiger partial charge in [0.1, 0.15) is 0 Å². The van der Waals surface area contributed by atoms with Crippen molar-refractivity contribution < 1.29 is 14.7 Å². The predicted molar refractivity (Wildman–Crippen MR) is 72.1 cm³/mol. The summed E-state index contributed by atoms with van der Waals surface area (Å²) in [7, 11) is 0. The molecule has 0 radical (unpaired) electrons. The number of carbonyl (C=O) groups is 2. The van der Waals surface area contributed by atoms with E-state index in [4.69, 9.17) is 11.5 Å². The van der Waals surface area contributed by atoms with Crippen molar-refractivity contribution in [2.45, 2.75) is 25.7 Å². The Morgan fingerprint density at radius 1 is 1.42 bits per heavy atom. The highest BCUT2D eigenvalue weighted by Gasteiger charge is 2.22. The van der Waals surface area contributed by atoms with Crippen LogP contribution in [-0.2, 0) is 11.2 Å². The molecular formula is C15H15NO3. The van der Waals surface area contributed by atoms with Crippen LogP contribution in [0.1, 0.15) is 35.2 Å². The zero-order valence-electron chi connectivity index (χ0n) is 10.6. The van der Waals surface area contributed by atoms with Gasteiger partial charge in [-0.2, -0.15) is 0 Å². The maximum atomic E-state index is 12.1. The van der Waals surface area contributed by atoms with Crippen LogP contribution >= 0.6 is 0 Å². The molecule has 0 saturated heterocycles. The first kappa shape index (κ1) is 13.2. The highest BCUT2D eigenvalue weighted by atomic mass is 16.4. The second-order valence-corrected chi connectivity index (χ2v) is 4.50. The molecule has 1 aliphatic heterocycles. The molecule has 1 heterocycles. The fourth-order valence-corrected chi connectivity index (χ4v) is 2.30. The normalized spacial score (nSPS) is 13.5. The second-order valence-electron chi connectivity index (χ2n) is 4.50. The van der Waals surface area contributed by atoms with Crippen LogP contribution in [0, 0.1) is 12.3 Å². The average Bonchev–Trinajstić information content (AvgIpc) is 2.43. The molecule has 1 aromatic rings. The molecule has 0 saturated carbocycles. The number of benzene rings is 1. The molecule has 1 aromatic carbocycles. The molecule has 0 bridgehead atoms. The minimum Gasteiger partial charge on any atom is -0.478 e. The fraction of sp³-hybridized carbons (Fsp3) is 0.333. The number of rotatable bonds is 3. The highest BCUT2D eigenvalue weighted by Crippen LogP contribution is 2.28. The zero-order chi connectivity index (χ0) is 13.8. The van der Waals surface area contributed by atoms with Gasteiger partial charge in [0.2, 0.25) is 5.91 Å². The van der Waals surface area contributed by atoms with E-state index < -0.39 is 5.97 Å². The third-order valence-corrected chi connectivity index (χ3v) is 3.23. The average molecular weight is 257 g/mol. The smallest absolute Gasteiger partial charge is 0.335 e. The van der Waals surface area contributed by atoms with Crippen molar-refractivity contribution in [1.29, 1.82) is 0 Å². The minimum atomic E-state index is -0.946. The number of aryl methyl sites for hydroxylation is 1. The summed E-state index contributed by atoms with van der Waals surface area (Å²) in [5, 5.41) is 8.97. The van der Waals surface area contributed by atoms with Crippen LogP contribution in [-0.4, -0.2) is 23.5 Å². The molecule has 98 valence electrons. The number of aromatic carboxylic acids is 1. The predicted octanol–water partition coefficient (Wildman–Crippen LogP) is 2.08. The van der Waals surface area contributed by atoms with Crippen molar-refractivity contribution in [3.8, 4) is 12.3 Å². The molecule has 0 fully saturated rings. The topological polar surface area (TPSA) is 57.6 Å². The number of nitrogens with zero attached hydrogens (tertiary/aromatic N) is 1. The lowest BCUT2D eigenvalue weighted by Gasteiger charge is -2.29. The Balaban J connectivity index is 2.27. The van der Waals surface area contributed by atoms with E-state index in [1.807, 2.05) is 0 Å². The van der Waals surface area contributed by atoms with Crippen LogP contribution in [0.5, 0.6) is 0 Å². The van der Waals surface area contributed by atoms with Gasteiger partial charge in [-0.25, -0.2) is 4.79 Å². The summed E-state index contributed by atoms with van der Waals surface area (Å²) in [6.07, 6.45) is 7.57. The van der Waals surface area contributed by atoms with Gasteiger partial charge >= 0.3 is 5.97 Å². The van der Waals surface area contributed by atoms with Gasteiger partial charge in [-0.3, -0.25) is 4.79 Å². The molecule has 1 amide bonds. The standard InChI is InChI=1S/C15H15NO3/c1-2-3-6-14(17)16-9-4-5-11-10-12(15(18)19)7-8-13(11)16/h1,7-8,10H,3-6,9H2,(H,18,19). The molecule has 1 N–H and O–H groups in total. The molecule has 19 heavy (non-hydrogen) atoms. The first-order valence-electron chi connectivity index (χ1n) is 6.23. The van der Waals surface area contributed by atoms with Crippen LogP contribution in [0.25, 0.3) is 0 Å². The van der Waals surface area contributed by atoms with Crippen molar-refractivity contribution in [1.82, 2.24) is 0 Å². The van der Waals surface area contributed by atoms with E-state index >= 15 is 0 Å². The maximum Gasteiger partial charge on any atom is 0.335 e. The number of amides is 1. The lowest BCUT2D eigenvalue weighted by atomic mass is 9.98. The largest absolute Gasteiger partial charge is 0.478 e. The Kier molecular flexibility index (Phi) is 3.86. The Morgan fingerprint density at radius 3 is 2.89 bits per heavy atom. The maximum absolute atomic E-state index is 12.1. The van der Waals surface area contributed by atoms with Gasteiger partial charge in [0.25, 0.3) is 0 Å². The SMILES string of the molecule is C#CCCC(=O)N1CCCc2cc(C(=O)O)ccc21. The number of terminal acetylenes is 1. The van der Waals surface area contributed by atoms with Crippen molar-refractivity contribution in [3.05, 3.63) is 29.3 Å². The molecule has 0 aliphatic carbocycles. The lowest BCUT2D eigenvalue weighted by Crippen LogP contribution is -2.35. The van der Waals surface area contributed by atoms with E-state index in [9.17, 15) is 9.59 Å². The van der Waals surface area contributed by atoms with E-state index in [1.165, 1.54) is 6.07 Å². The van der Waals surface area contributed by atoms with Gasteiger partial charge in [0.15, 0.2) is 0 Å². The molecular weight excluding hydrogens is 242 g/mol. The minimum absolute atomic E-state index is 0.00183. The van der Waals surface area contributed by atoms with Gasteiger partial charge in [-0.05, 0) is 36.6 Å². The van der Waals surface area contributed by atoms with Gasteiger partial charge < -0.3 is 10.0 Å². The molecule has 0 spiro atoms. The van der Waals surface area contributed by atoms with E-state index in [-0.39, 0.29) is 11.5 Å². The molecule has 2 rings (SSSR count). The molecule has 0 unspecified atom stereocenters. The number of anilines is 1. The first-order chi connectivity index (χ1) is 9.13. The van der Waals surface area contributed by atoms with Crippen LogP contribution in [0.4, 0.5) is 5.69 Å². The number of fused-ring (bicyclic) bond motifs is 1. The number of hydrogen-bond donors (Lipinski definition) is 1. The molecule has 0 atom stereocenters. The first-order valence-corrected chi connectivity index (χ1v) is 6.23. The summed E-state index contributed by atoms with van der Waals surface area (Å²) in [4.78, 5) is 24.7. The summed E-state index contributed by atoms with van der Waals surface area (Å²) in [6, 6.07) is 4.90. The monoisotopic (exact) mass is 257 g/mol. The van der Waals surface area contributed by atoms with Gasteiger partial charge in [-0.1, -0.05) is 0 Å². The lowest BCUT2D eigenvalue weighted by molar-refractivity contribution is -0.118. The fourth-order valence-electron chi connectivity index (χ4n) is 2.30. The number of carboxylic acids is 1. The Labute approximate surface area is 112 Å². The van der Waals surface area contributed by atoms with Crippen LogP contribution in [0.2, 0.25) is 0 Å². The summed E-state index contributed by atoms with van der Waals surface area (Å²) >= 11 is 0. The third-order valence-electron chi connectivity index (χ3n) is 3.23. The second kappa shape index (κ2) is 5.57. The van der Waals surface area contributed by atoms with Crippen LogP contribution in [0.3, 0.4) is 0 Å². The van der Waals surface area contributed by atoms with Gasteiger partial charge in [0.05, 0.1) is 5.56 Å². The quantitative estimate of drug-likeness (QED) is 0.843. The van der Waals surface area contributed by atoms with E-state index in [2.05, 4.69) is 5.92 Å². The summed E-state index contributed by atoms with van der Waals surface area (Å²) in [6.45, 7) is 0.669. The van der Waals surface area contributed by atoms with Crippen molar-refractivity contribution in [2.75, 3.05) is 11.4 Å². The summed E-state index contributed by atoms with van der Waals surface area (Å²) < 4.78 is 0. The number of hydrogen-bond acceptors (Lipinski definition) is 2. The van der Waals surface area contributed by atoms with Gasteiger partial charge in [0, 0.05) is 25.1 Å². The van der Waals surface area contributed by atoms with Crippen LogP contribution < -0.4 is 4.90 Å². The Bertz CT molecular complexity index is 557. The van der Waals surface area contributed by atoms with Crippen molar-refractivity contribution in [2.24, 2.45) is 0 Å². The zero-order valence-corrected chi connectivity index (χ0v) is 10.6. The Morgan fingerprint density at radius 2 is 2.21 bits per heavy atom. The molecule has 4 heteroatoms. The van der Waals surface area contributed by atoms with E-state index in [1.54, 1.807) is 17.0 Å². The van der Waals surface area contributed by atoms with Crippen LogP contribution in [0.15, 0.2) is 18.2 Å².